The van der Waals surface area contributed by atoms with E-state index in [2.05, 4.69) is 12.2 Å². The summed E-state index contributed by atoms with van der Waals surface area (Å²) in [5.41, 5.74) is -0.0407. The van der Waals surface area contributed by atoms with Crippen LogP contribution in [0.2, 0.25) is 0 Å². The van der Waals surface area contributed by atoms with Crippen LogP contribution in [0.5, 0.6) is 0 Å². The number of carboxylic acid groups (broad SMARTS) is 1. The maximum atomic E-state index is 11.5. The number of thioether (sulfide) groups is 1. The van der Waals surface area contributed by atoms with Crippen molar-refractivity contribution in [3.8, 4) is 0 Å². The molecule has 0 saturated heterocycles. The molecule has 0 aromatic heterocycles. The number of carboxylic acids is 1. The Morgan fingerprint density at radius 1 is 1.26 bits per heavy atom. The highest BCUT2D eigenvalue weighted by Crippen LogP contribution is 2.25. The van der Waals surface area contributed by atoms with E-state index in [0.717, 1.165) is 25.0 Å². The number of rotatable bonds is 11. The molecule has 0 aliphatic rings. The van der Waals surface area contributed by atoms with Crippen LogP contribution in [0.25, 0.3) is 0 Å². The first-order valence-corrected chi connectivity index (χ1v) is 8.09. The topological polar surface area (TPSA) is 66.4 Å². The van der Waals surface area contributed by atoms with Crippen LogP contribution in [0.15, 0.2) is 0 Å². The Morgan fingerprint density at radius 2 is 1.95 bits per heavy atom. The van der Waals surface area contributed by atoms with Crippen LogP contribution in [0.1, 0.15) is 52.9 Å². The van der Waals surface area contributed by atoms with E-state index in [1.807, 2.05) is 13.8 Å². The van der Waals surface area contributed by atoms with E-state index in [4.69, 9.17) is 5.11 Å². The summed E-state index contributed by atoms with van der Waals surface area (Å²) in [6, 6.07) is 0. The predicted octanol–water partition coefficient (Wildman–Crippen LogP) is 2.92. The van der Waals surface area contributed by atoms with Gasteiger partial charge in [0.2, 0.25) is 5.91 Å². The second kappa shape index (κ2) is 10.1. The van der Waals surface area contributed by atoms with Crippen molar-refractivity contribution < 1.29 is 14.7 Å². The van der Waals surface area contributed by atoms with E-state index in [-0.39, 0.29) is 17.7 Å². The molecule has 0 aliphatic heterocycles. The third kappa shape index (κ3) is 12.1. The van der Waals surface area contributed by atoms with Gasteiger partial charge in [0.15, 0.2) is 0 Å². The first kappa shape index (κ1) is 18.3. The monoisotopic (exact) mass is 289 g/mol. The Morgan fingerprint density at radius 3 is 2.53 bits per heavy atom. The molecule has 0 aromatic carbocycles. The zero-order chi connectivity index (χ0) is 14.7. The lowest BCUT2D eigenvalue weighted by atomic mass is 9.84. The Hall–Kier alpha value is -0.710. The molecule has 4 nitrogen and oxygen atoms in total. The van der Waals surface area contributed by atoms with Gasteiger partial charge in [-0.3, -0.25) is 9.59 Å². The van der Waals surface area contributed by atoms with Gasteiger partial charge in [-0.25, -0.2) is 0 Å². The lowest BCUT2D eigenvalue weighted by Gasteiger charge is -2.23. The van der Waals surface area contributed by atoms with Crippen molar-refractivity contribution in [3.05, 3.63) is 0 Å². The maximum absolute atomic E-state index is 11.5. The average molecular weight is 289 g/mol. The van der Waals surface area contributed by atoms with Gasteiger partial charge in [0.25, 0.3) is 0 Å². The summed E-state index contributed by atoms with van der Waals surface area (Å²) in [6.07, 6.45) is 3.95. The van der Waals surface area contributed by atoms with Crippen molar-refractivity contribution in [2.24, 2.45) is 5.41 Å². The van der Waals surface area contributed by atoms with Gasteiger partial charge in [0.1, 0.15) is 0 Å². The molecule has 112 valence electrons. The number of unbranched alkanes of at least 4 members (excludes halogenated alkanes) is 1. The van der Waals surface area contributed by atoms with E-state index in [1.54, 1.807) is 11.8 Å². The Bertz CT molecular complexity index is 280. The average Bonchev–Trinajstić information content (AvgIpc) is 2.32. The number of amides is 1. The fourth-order valence-corrected chi connectivity index (χ4v) is 2.50. The van der Waals surface area contributed by atoms with Gasteiger partial charge in [-0.05, 0) is 30.4 Å². The van der Waals surface area contributed by atoms with E-state index in [0.29, 0.717) is 18.7 Å². The summed E-state index contributed by atoms with van der Waals surface area (Å²) in [6.45, 7) is 6.84. The molecule has 0 radical (unpaired) electrons. The SMILES string of the molecule is CCCCSCC(=O)NCCC(C)(C)CCC(=O)O. The number of hydrogen-bond acceptors (Lipinski definition) is 3. The van der Waals surface area contributed by atoms with Crippen LogP contribution in [0.4, 0.5) is 0 Å². The molecule has 0 aromatic rings. The van der Waals surface area contributed by atoms with Crippen molar-refractivity contribution in [3.63, 3.8) is 0 Å². The smallest absolute Gasteiger partial charge is 0.303 e. The predicted molar refractivity (Wildman–Crippen MR) is 80.5 cm³/mol. The first-order chi connectivity index (χ1) is 8.87. The number of aliphatic carboxylic acids is 1. The molecular weight excluding hydrogens is 262 g/mol. The standard InChI is InChI=1S/C14H27NO3S/c1-4-5-10-19-11-12(16)15-9-8-14(2,3)7-6-13(17)18/h4-11H2,1-3H3,(H,15,16)(H,17,18). The lowest BCUT2D eigenvalue weighted by Crippen LogP contribution is -2.29. The minimum Gasteiger partial charge on any atom is -0.481 e. The summed E-state index contributed by atoms with van der Waals surface area (Å²) < 4.78 is 0. The minimum absolute atomic E-state index is 0.0407. The van der Waals surface area contributed by atoms with Gasteiger partial charge in [-0.15, -0.1) is 0 Å². The molecule has 0 bridgehead atoms. The van der Waals surface area contributed by atoms with Crippen molar-refractivity contribution in [2.75, 3.05) is 18.1 Å². The van der Waals surface area contributed by atoms with Crippen LogP contribution < -0.4 is 5.32 Å². The van der Waals surface area contributed by atoms with Gasteiger partial charge in [-0.1, -0.05) is 27.2 Å². The molecule has 1 amide bonds. The molecular formula is C14H27NO3S. The fraction of sp³-hybridized carbons (Fsp3) is 0.857. The number of nitrogens with one attached hydrogen (secondary N) is 1. The Kier molecular flexibility index (Phi) is 9.74. The highest BCUT2D eigenvalue weighted by molar-refractivity contribution is 7.99. The fourth-order valence-electron chi connectivity index (χ4n) is 1.57. The van der Waals surface area contributed by atoms with E-state index >= 15 is 0 Å². The van der Waals surface area contributed by atoms with Crippen molar-refractivity contribution in [1.29, 1.82) is 0 Å². The van der Waals surface area contributed by atoms with Gasteiger partial charge in [0, 0.05) is 13.0 Å². The third-order valence-corrected chi connectivity index (χ3v) is 4.06. The van der Waals surface area contributed by atoms with Crippen molar-refractivity contribution in [2.45, 2.75) is 52.9 Å². The lowest BCUT2D eigenvalue weighted by molar-refractivity contribution is -0.137. The van der Waals surface area contributed by atoms with Crippen molar-refractivity contribution >= 4 is 23.6 Å². The Labute approximate surface area is 120 Å². The molecule has 5 heteroatoms. The molecule has 0 fully saturated rings. The highest BCUT2D eigenvalue weighted by Gasteiger charge is 2.19. The van der Waals surface area contributed by atoms with E-state index in [9.17, 15) is 9.59 Å². The zero-order valence-electron chi connectivity index (χ0n) is 12.3. The number of carbonyl (C=O) groups excluding carboxylic acids is 1. The van der Waals surface area contributed by atoms with Crippen LogP contribution >= 0.6 is 11.8 Å². The van der Waals surface area contributed by atoms with E-state index in [1.165, 1.54) is 0 Å². The van der Waals surface area contributed by atoms with Crippen LogP contribution in [0.3, 0.4) is 0 Å². The van der Waals surface area contributed by atoms with Gasteiger partial charge >= 0.3 is 5.97 Å². The zero-order valence-corrected chi connectivity index (χ0v) is 13.1. The van der Waals surface area contributed by atoms with Crippen LogP contribution in [0, 0.1) is 5.41 Å². The minimum atomic E-state index is -0.760. The molecule has 0 unspecified atom stereocenters. The molecule has 0 spiro atoms. The van der Waals surface area contributed by atoms with Crippen LogP contribution in [-0.4, -0.2) is 35.0 Å². The molecule has 0 aliphatic carbocycles. The van der Waals surface area contributed by atoms with Crippen molar-refractivity contribution in [1.82, 2.24) is 5.32 Å². The third-order valence-electron chi connectivity index (χ3n) is 3.01. The first-order valence-electron chi connectivity index (χ1n) is 6.93. The molecule has 0 saturated carbocycles. The Balaban J connectivity index is 3.64. The summed E-state index contributed by atoms with van der Waals surface area (Å²) in [5, 5.41) is 11.6. The van der Waals surface area contributed by atoms with E-state index < -0.39 is 5.97 Å². The van der Waals surface area contributed by atoms with Gasteiger partial charge < -0.3 is 10.4 Å². The summed E-state index contributed by atoms with van der Waals surface area (Å²) in [4.78, 5) is 22.1. The summed E-state index contributed by atoms with van der Waals surface area (Å²) in [7, 11) is 0. The van der Waals surface area contributed by atoms with Gasteiger partial charge in [-0.2, -0.15) is 11.8 Å². The molecule has 0 heterocycles. The summed E-state index contributed by atoms with van der Waals surface area (Å²) >= 11 is 1.67. The number of hydrogen-bond donors (Lipinski definition) is 2. The normalized spacial score (nSPS) is 11.3. The highest BCUT2D eigenvalue weighted by atomic mass is 32.2. The second-order valence-electron chi connectivity index (χ2n) is 5.56. The number of carbonyl (C=O) groups is 2. The molecule has 0 atom stereocenters. The molecule has 2 N–H and O–H groups in total. The molecule has 0 rings (SSSR count). The molecule has 19 heavy (non-hydrogen) atoms. The largest absolute Gasteiger partial charge is 0.481 e. The second-order valence-corrected chi connectivity index (χ2v) is 6.67. The maximum Gasteiger partial charge on any atom is 0.303 e. The quantitative estimate of drug-likeness (QED) is 0.574. The van der Waals surface area contributed by atoms with Gasteiger partial charge in [0.05, 0.1) is 5.75 Å². The van der Waals surface area contributed by atoms with Crippen LogP contribution in [-0.2, 0) is 9.59 Å². The summed E-state index contributed by atoms with van der Waals surface area (Å²) in [5.74, 6) is 0.878.